The Morgan fingerprint density at radius 2 is 1.88 bits per heavy atom. The molecule has 3 N–H and O–H groups in total. The summed E-state index contributed by atoms with van der Waals surface area (Å²) >= 11 is 0. The fourth-order valence-corrected chi connectivity index (χ4v) is 0.804. The maximum atomic E-state index is 10.5. The maximum absolute atomic E-state index is 10.5. The number of ether oxygens (including phenoxy) is 1. The Labute approximate surface area is 136 Å². The topological polar surface area (TPSA) is 119 Å². The van der Waals surface area contributed by atoms with Crippen molar-refractivity contribution in [3.63, 3.8) is 0 Å². The van der Waals surface area contributed by atoms with Crippen molar-refractivity contribution in [3.05, 3.63) is 0 Å². The Morgan fingerprint density at radius 3 is 2.19 bits per heavy atom. The molecule has 0 aliphatic rings. The van der Waals surface area contributed by atoms with Gasteiger partial charge in [0.25, 0.3) is 0 Å². The molecule has 0 rings (SSSR count). The molecule has 0 bridgehead atoms. The summed E-state index contributed by atoms with van der Waals surface area (Å²) in [6, 6.07) is 0. The largest absolute Gasteiger partial charge is 1.00 e. The van der Waals surface area contributed by atoms with E-state index in [0.29, 0.717) is 0 Å². The fraction of sp³-hybridized carbons (Fsp3) is 0.750. The quantitative estimate of drug-likeness (QED) is 0.307. The van der Waals surface area contributed by atoms with Gasteiger partial charge in [0.15, 0.2) is 0 Å². The van der Waals surface area contributed by atoms with Crippen molar-refractivity contribution >= 4 is 11.9 Å². The van der Waals surface area contributed by atoms with Crippen molar-refractivity contribution < 1.29 is 81.0 Å². The van der Waals surface area contributed by atoms with E-state index in [2.05, 4.69) is 10.1 Å². The van der Waals surface area contributed by atoms with E-state index >= 15 is 0 Å². The first-order valence-electron chi connectivity index (χ1n) is 4.26. The molecular weight excluding hydrogens is 245 g/mol. The third-order valence-corrected chi connectivity index (χ3v) is 1.76. The molecule has 0 unspecified atom stereocenters. The van der Waals surface area contributed by atoms with E-state index in [1.54, 1.807) is 0 Å². The third-order valence-electron chi connectivity index (χ3n) is 1.76. The van der Waals surface area contributed by atoms with E-state index in [9.17, 15) is 14.7 Å². The first-order chi connectivity index (χ1) is 6.95. The van der Waals surface area contributed by atoms with Crippen LogP contribution in [0.3, 0.4) is 0 Å². The zero-order valence-corrected chi connectivity index (χ0v) is 12.5. The van der Waals surface area contributed by atoms with E-state index in [-0.39, 0.29) is 58.0 Å². The van der Waals surface area contributed by atoms with Crippen LogP contribution in [0.15, 0.2) is 0 Å². The van der Waals surface area contributed by atoms with Crippen molar-refractivity contribution in [2.75, 3.05) is 26.4 Å². The van der Waals surface area contributed by atoms with Gasteiger partial charge in [0.05, 0.1) is 24.7 Å². The number of hydrogen-bond acceptors (Lipinski definition) is 7. The Balaban J connectivity index is 0. The van der Waals surface area contributed by atoms with Gasteiger partial charge in [0.2, 0.25) is 0 Å². The van der Waals surface area contributed by atoms with Gasteiger partial charge in [-0.2, -0.15) is 0 Å². The Bertz CT molecular complexity index is 211. The van der Waals surface area contributed by atoms with Gasteiger partial charge in [0.1, 0.15) is 6.61 Å². The first-order valence-corrected chi connectivity index (χ1v) is 4.26. The average molecular weight is 259 g/mol. The molecular formula is C8H14KNO6. The molecule has 0 aromatic carbocycles. The van der Waals surface area contributed by atoms with Gasteiger partial charge in [-0.05, 0) is 0 Å². The van der Waals surface area contributed by atoms with Crippen molar-refractivity contribution in [1.82, 2.24) is 5.32 Å². The van der Waals surface area contributed by atoms with Crippen molar-refractivity contribution in [2.45, 2.75) is 12.5 Å². The minimum absolute atomic E-state index is 0. The normalized spacial score (nSPS) is 10.4. The van der Waals surface area contributed by atoms with Crippen LogP contribution in [0.5, 0.6) is 0 Å². The summed E-state index contributed by atoms with van der Waals surface area (Å²) in [5.74, 6) is -1.97. The molecule has 0 saturated carbocycles. The summed E-state index contributed by atoms with van der Waals surface area (Å²) < 4.78 is 4.59. The zero-order valence-electron chi connectivity index (χ0n) is 9.36. The van der Waals surface area contributed by atoms with Gasteiger partial charge in [-0.25, -0.2) is 0 Å². The molecule has 0 aromatic heterocycles. The minimum Gasteiger partial charge on any atom is -0.549 e. The number of carboxylic acids is 1. The molecule has 7 nitrogen and oxygen atoms in total. The Hall–Kier alpha value is 0.456. The number of carbonyl (C=O) groups is 2. The van der Waals surface area contributed by atoms with Gasteiger partial charge >= 0.3 is 57.4 Å². The van der Waals surface area contributed by atoms with Crippen molar-refractivity contribution in [1.29, 1.82) is 0 Å². The molecule has 0 aliphatic heterocycles. The summed E-state index contributed by atoms with van der Waals surface area (Å²) in [5, 5.41) is 30.5. The molecule has 0 atom stereocenters. The van der Waals surface area contributed by atoms with Crippen LogP contribution in [0.1, 0.15) is 6.92 Å². The number of aliphatic hydroxyl groups excluding tert-OH is 2. The maximum Gasteiger partial charge on any atom is 1.00 e. The summed E-state index contributed by atoms with van der Waals surface area (Å²) in [6.07, 6.45) is 0. The molecule has 0 heterocycles. The second-order valence-electron chi connectivity index (χ2n) is 3.10. The van der Waals surface area contributed by atoms with Crippen molar-refractivity contribution in [3.8, 4) is 0 Å². The molecule has 0 aromatic rings. The Kier molecular flexibility index (Phi) is 11.1. The number of carbonyl (C=O) groups excluding carboxylic acids is 2. The van der Waals surface area contributed by atoms with Crippen LogP contribution in [0, 0.1) is 0 Å². The third kappa shape index (κ3) is 7.68. The molecule has 16 heavy (non-hydrogen) atoms. The van der Waals surface area contributed by atoms with Crippen LogP contribution in [0.25, 0.3) is 0 Å². The number of aliphatic hydroxyl groups is 2. The fourth-order valence-electron chi connectivity index (χ4n) is 0.804. The summed E-state index contributed by atoms with van der Waals surface area (Å²) in [4.78, 5) is 20.7. The molecule has 0 radical (unpaired) electrons. The standard InChI is InChI=1S/C8H15NO6.K/c1-6(12)15-5-8(3-10,4-11)9-2-7(13)14;/h9-11H,2-5H2,1H3,(H,13,14);/q;+1/p-1. The zero-order chi connectivity index (χ0) is 11.9. The van der Waals surface area contributed by atoms with Gasteiger partial charge in [-0.3, -0.25) is 10.1 Å². The van der Waals surface area contributed by atoms with E-state index < -0.39 is 37.2 Å². The average Bonchev–Trinajstić information content (AvgIpc) is 2.19. The number of carboxylic acid groups (broad SMARTS) is 1. The minimum atomic E-state index is -1.39. The second kappa shape index (κ2) is 9.48. The molecule has 0 amide bonds. The smallest absolute Gasteiger partial charge is 0.549 e. The number of nitrogens with one attached hydrogen (secondary N) is 1. The van der Waals surface area contributed by atoms with Crippen LogP contribution >= 0.6 is 0 Å². The second-order valence-corrected chi connectivity index (χ2v) is 3.10. The van der Waals surface area contributed by atoms with Crippen molar-refractivity contribution in [2.24, 2.45) is 0 Å². The number of aliphatic carboxylic acids is 1. The van der Waals surface area contributed by atoms with Crippen LogP contribution < -0.4 is 61.8 Å². The van der Waals surface area contributed by atoms with E-state index in [0.717, 1.165) is 6.92 Å². The monoisotopic (exact) mass is 259 g/mol. The van der Waals surface area contributed by atoms with Crippen LogP contribution in [-0.4, -0.2) is 54.1 Å². The molecule has 88 valence electrons. The first kappa shape index (κ1) is 18.8. The molecule has 8 heteroatoms. The predicted octanol–water partition coefficient (Wildman–Crippen LogP) is -6.38. The summed E-state index contributed by atoms with van der Waals surface area (Å²) in [6.45, 7) is -0.836. The number of hydrogen-bond donors (Lipinski definition) is 3. The SMILES string of the molecule is CC(=O)OCC(CO)(CO)NCC(=O)[O-].[K+]. The molecule has 0 saturated heterocycles. The van der Waals surface area contributed by atoms with Crippen LogP contribution in [0.4, 0.5) is 0 Å². The van der Waals surface area contributed by atoms with E-state index in [1.807, 2.05) is 0 Å². The Morgan fingerprint density at radius 1 is 1.38 bits per heavy atom. The molecule has 0 aliphatic carbocycles. The van der Waals surface area contributed by atoms with Gasteiger partial charge in [-0.15, -0.1) is 0 Å². The molecule has 0 fully saturated rings. The summed E-state index contributed by atoms with van der Waals surface area (Å²) in [5.41, 5.74) is -1.36. The summed E-state index contributed by atoms with van der Waals surface area (Å²) in [7, 11) is 0. The number of esters is 1. The van der Waals surface area contributed by atoms with Gasteiger partial charge < -0.3 is 24.9 Å². The van der Waals surface area contributed by atoms with E-state index in [4.69, 9.17) is 10.2 Å². The van der Waals surface area contributed by atoms with E-state index in [1.165, 1.54) is 0 Å². The number of rotatable bonds is 7. The van der Waals surface area contributed by atoms with Gasteiger partial charge in [-0.1, -0.05) is 0 Å². The molecule has 0 spiro atoms. The van der Waals surface area contributed by atoms with Crippen LogP contribution in [0.2, 0.25) is 0 Å². The predicted molar refractivity (Wildman–Crippen MR) is 46.5 cm³/mol. The van der Waals surface area contributed by atoms with Gasteiger partial charge in [0, 0.05) is 13.5 Å². The van der Waals surface area contributed by atoms with Crippen LogP contribution in [-0.2, 0) is 14.3 Å².